The molecule has 1 aliphatic heterocycles. The van der Waals surface area contributed by atoms with Crippen molar-refractivity contribution in [3.8, 4) is 16.2 Å². The third kappa shape index (κ3) is 2.47. The van der Waals surface area contributed by atoms with Gasteiger partial charge in [0.2, 0.25) is 0 Å². The number of para-hydroxylation sites is 1. The minimum Gasteiger partial charge on any atom is -0.488 e. The van der Waals surface area contributed by atoms with Gasteiger partial charge in [-0.2, -0.15) is 0 Å². The van der Waals surface area contributed by atoms with Crippen molar-refractivity contribution in [3.63, 3.8) is 0 Å². The van der Waals surface area contributed by atoms with Gasteiger partial charge in [0.25, 0.3) is 5.91 Å². The van der Waals surface area contributed by atoms with Crippen LogP contribution in [0.1, 0.15) is 15.2 Å². The Bertz CT molecular complexity index is 1310. The van der Waals surface area contributed by atoms with Gasteiger partial charge in [-0.25, -0.2) is 4.79 Å². The average Bonchev–Trinajstić information content (AvgIpc) is 3.24. The van der Waals surface area contributed by atoms with Gasteiger partial charge in [-0.15, -0.1) is 11.3 Å². The standard InChI is InChI=1S/C21H17N3O3S/c1-23-15-8-7-13(10-16(15)24(2)21(23)26)22-20(25)18-9-12-11-27-17-6-4-3-5-14(17)19(12)28-18/h3-10H,11H2,1-2H3,(H,22,25). The summed E-state index contributed by atoms with van der Waals surface area (Å²) in [5, 5.41) is 2.95. The number of ether oxygens (including phenoxy) is 1. The van der Waals surface area contributed by atoms with Crippen molar-refractivity contribution < 1.29 is 9.53 Å². The van der Waals surface area contributed by atoms with Crippen LogP contribution in [0.2, 0.25) is 0 Å². The van der Waals surface area contributed by atoms with Crippen LogP contribution in [-0.4, -0.2) is 15.0 Å². The number of rotatable bonds is 2. The van der Waals surface area contributed by atoms with E-state index < -0.39 is 0 Å². The molecule has 1 N–H and O–H groups in total. The van der Waals surface area contributed by atoms with Gasteiger partial charge in [0, 0.05) is 35.8 Å². The van der Waals surface area contributed by atoms with E-state index in [1.54, 1.807) is 23.2 Å². The molecule has 0 fully saturated rings. The molecule has 1 amide bonds. The maximum atomic E-state index is 12.8. The summed E-state index contributed by atoms with van der Waals surface area (Å²) in [6.07, 6.45) is 0. The van der Waals surface area contributed by atoms with Gasteiger partial charge in [0.05, 0.1) is 15.9 Å². The number of hydrogen-bond acceptors (Lipinski definition) is 4. The zero-order chi connectivity index (χ0) is 19.4. The SMILES string of the molecule is Cn1c(=O)n(C)c2cc(NC(=O)c3cc4c(s3)-c3ccccc3OC4)ccc21. The van der Waals surface area contributed by atoms with Gasteiger partial charge < -0.3 is 10.1 Å². The Balaban J connectivity index is 1.47. The summed E-state index contributed by atoms with van der Waals surface area (Å²) in [5.74, 6) is 0.677. The normalized spacial score (nSPS) is 12.4. The second kappa shape index (κ2) is 6.10. The molecule has 0 bridgehead atoms. The molecular weight excluding hydrogens is 374 g/mol. The molecule has 0 spiro atoms. The number of thiophene rings is 1. The fourth-order valence-corrected chi connectivity index (χ4v) is 4.68. The van der Waals surface area contributed by atoms with E-state index in [0.717, 1.165) is 32.8 Å². The lowest BCUT2D eigenvalue weighted by Crippen LogP contribution is -2.19. The maximum Gasteiger partial charge on any atom is 0.328 e. The Kier molecular flexibility index (Phi) is 3.67. The third-order valence-electron chi connectivity index (χ3n) is 5.08. The van der Waals surface area contributed by atoms with Gasteiger partial charge in [-0.1, -0.05) is 12.1 Å². The van der Waals surface area contributed by atoms with Gasteiger partial charge >= 0.3 is 5.69 Å². The molecule has 1 aliphatic rings. The highest BCUT2D eigenvalue weighted by Crippen LogP contribution is 2.42. The van der Waals surface area contributed by atoms with Crippen LogP contribution in [-0.2, 0) is 20.7 Å². The molecule has 140 valence electrons. The largest absolute Gasteiger partial charge is 0.488 e. The number of nitrogens with zero attached hydrogens (tertiary/aromatic N) is 2. The van der Waals surface area contributed by atoms with Crippen LogP contribution in [0, 0.1) is 0 Å². The number of aromatic nitrogens is 2. The smallest absolute Gasteiger partial charge is 0.328 e. The summed E-state index contributed by atoms with van der Waals surface area (Å²) >= 11 is 1.47. The molecule has 7 heteroatoms. The molecule has 0 aliphatic carbocycles. The zero-order valence-corrected chi connectivity index (χ0v) is 16.2. The summed E-state index contributed by atoms with van der Waals surface area (Å²) in [4.78, 5) is 26.6. The number of fused-ring (bicyclic) bond motifs is 4. The number of aryl methyl sites for hydroxylation is 2. The van der Waals surface area contributed by atoms with Crippen LogP contribution in [0.25, 0.3) is 21.5 Å². The van der Waals surface area contributed by atoms with Gasteiger partial charge in [0.15, 0.2) is 0 Å². The van der Waals surface area contributed by atoms with Crippen LogP contribution in [0.3, 0.4) is 0 Å². The Morgan fingerprint density at radius 3 is 2.71 bits per heavy atom. The van der Waals surface area contributed by atoms with E-state index in [2.05, 4.69) is 5.32 Å². The highest BCUT2D eigenvalue weighted by molar-refractivity contribution is 7.17. The van der Waals surface area contributed by atoms with Crippen molar-refractivity contribution in [2.45, 2.75) is 6.61 Å². The van der Waals surface area contributed by atoms with Crippen molar-refractivity contribution >= 4 is 34.0 Å². The minimum absolute atomic E-state index is 0.0944. The minimum atomic E-state index is -0.169. The van der Waals surface area contributed by atoms with E-state index in [-0.39, 0.29) is 11.6 Å². The number of benzene rings is 2. The summed E-state index contributed by atoms with van der Waals surface area (Å²) < 4.78 is 8.94. The first kappa shape index (κ1) is 16.8. The molecule has 3 heterocycles. The second-order valence-corrected chi connectivity index (χ2v) is 7.86. The number of anilines is 1. The predicted octanol–water partition coefficient (Wildman–Crippen LogP) is 3.75. The van der Waals surface area contributed by atoms with Crippen LogP contribution in [0.4, 0.5) is 5.69 Å². The molecule has 2 aromatic carbocycles. The van der Waals surface area contributed by atoms with E-state index in [1.165, 1.54) is 11.3 Å². The molecular formula is C21H17N3O3S. The van der Waals surface area contributed by atoms with Crippen LogP contribution < -0.4 is 15.7 Å². The third-order valence-corrected chi connectivity index (χ3v) is 6.29. The predicted molar refractivity (Wildman–Crippen MR) is 110 cm³/mol. The van der Waals surface area contributed by atoms with Crippen LogP contribution in [0.15, 0.2) is 53.3 Å². The van der Waals surface area contributed by atoms with E-state index in [4.69, 9.17) is 4.74 Å². The number of nitrogens with one attached hydrogen (secondary N) is 1. The lowest BCUT2D eigenvalue weighted by molar-refractivity contribution is 0.103. The summed E-state index contributed by atoms with van der Waals surface area (Å²) in [7, 11) is 3.46. The summed E-state index contributed by atoms with van der Waals surface area (Å²) in [6.45, 7) is 0.466. The fraction of sp³-hybridized carbons (Fsp3) is 0.143. The van der Waals surface area contributed by atoms with Crippen LogP contribution in [0.5, 0.6) is 5.75 Å². The van der Waals surface area contributed by atoms with E-state index >= 15 is 0 Å². The Hall–Kier alpha value is -3.32. The first-order chi connectivity index (χ1) is 13.5. The number of carbonyl (C=O) groups is 1. The molecule has 2 aromatic heterocycles. The topological polar surface area (TPSA) is 65.3 Å². The van der Waals surface area contributed by atoms with E-state index in [0.29, 0.717) is 17.2 Å². The molecule has 5 rings (SSSR count). The van der Waals surface area contributed by atoms with E-state index in [9.17, 15) is 9.59 Å². The molecule has 0 saturated heterocycles. The number of imidazole rings is 1. The molecule has 0 atom stereocenters. The number of hydrogen-bond donors (Lipinski definition) is 1. The summed E-state index contributed by atoms with van der Waals surface area (Å²) in [5.41, 5.74) is 4.21. The molecule has 4 aromatic rings. The monoisotopic (exact) mass is 391 g/mol. The van der Waals surface area contributed by atoms with Crippen molar-refractivity contribution in [1.29, 1.82) is 0 Å². The molecule has 6 nitrogen and oxygen atoms in total. The van der Waals surface area contributed by atoms with Crippen molar-refractivity contribution in [3.05, 3.63) is 69.5 Å². The first-order valence-electron chi connectivity index (χ1n) is 8.84. The Morgan fingerprint density at radius 2 is 1.86 bits per heavy atom. The van der Waals surface area contributed by atoms with Gasteiger partial charge in [-0.3, -0.25) is 13.9 Å². The highest BCUT2D eigenvalue weighted by atomic mass is 32.1. The van der Waals surface area contributed by atoms with Crippen molar-refractivity contribution in [2.75, 3.05) is 5.32 Å². The lowest BCUT2D eigenvalue weighted by Gasteiger charge is -2.16. The Labute approximate surface area is 164 Å². The van der Waals surface area contributed by atoms with E-state index in [1.807, 2.05) is 48.5 Å². The quantitative estimate of drug-likeness (QED) is 0.566. The number of amides is 1. The zero-order valence-electron chi connectivity index (χ0n) is 15.4. The van der Waals surface area contributed by atoms with Crippen LogP contribution >= 0.6 is 11.3 Å². The maximum absolute atomic E-state index is 12.8. The molecule has 28 heavy (non-hydrogen) atoms. The van der Waals surface area contributed by atoms with Gasteiger partial charge in [0.1, 0.15) is 12.4 Å². The second-order valence-electron chi connectivity index (χ2n) is 6.81. The fourth-order valence-electron chi connectivity index (χ4n) is 3.59. The number of carbonyl (C=O) groups excluding carboxylic acids is 1. The van der Waals surface area contributed by atoms with Crippen molar-refractivity contribution in [1.82, 2.24) is 9.13 Å². The molecule has 0 unspecified atom stereocenters. The molecule has 0 radical (unpaired) electrons. The summed E-state index contributed by atoms with van der Waals surface area (Å²) in [6, 6.07) is 15.2. The Morgan fingerprint density at radius 1 is 1.07 bits per heavy atom. The van der Waals surface area contributed by atoms with Gasteiger partial charge in [-0.05, 0) is 36.4 Å². The van der Waals surface area contributed by atoms with Crippen molar-refractivity contribution in [2.24, 2.45) is 14.1 Å². The first-order valence-corrected chi connectivity index (χ1v) is 9.66. The lowest BCUT2D eigenvalue weighted by atomic mass is 10.1. The average molecular weight is 391 g/mol. The molecule has 0 saturated carbocycles. The highest BCUT2D eigenvalue weighted by Gasteiger charge is 2.22.